The highest BCUT2D eigenvalue weighted by molar-refractivity contribution is 5.81. The number of aliphatic hydroxyl groups excluding tert-OH is 1. The normalized spacial score (nSPS) is 21.0. The standard InChI is InChI=1S/C16H24N2O3/c1-13(7-9-19)17-16(20)15-12-18(8-10-21-15)11-14-5-3-2-4-6-14/h2-6,13,15,19H,7-12H2,1H3,(H,17,20). The Kier molecular flexibility index (Phi) is 6.17. The quantitative estimate of drug-likeness (QED) is 0.813. The largest absolute Gasteiger partial charge is 0.396 e. The van der Waals surface area contributed by atoms with E-state index >= 15 is 0 Å². The lowest BCUT2D eigenvalue weighted by atomic mass is 10.1. The summed E-state index contributed by atoms with van der Waals surface area (Å²) in [4.78, 5) is 14.4. The van der Waals surface area contributed by atoms with Crippen molar-refractivity contribution in [2.75, 3.05) is 26.3 Å². The van der Waals surface area contributed by atoms with Gasteiger partial charge < -0.3 is 15.2 Å². The minimum atomic E-state index is -0.427. The van der Waals surface area contributed by atoms with Crippen LogP contribution in [0.2, 0.25) is 0 Å². The second kappa shape index (κ2) is 8.12. The molecule has 1 saturated heterocycles. The zero-order chi connectivity index (χ0) is 15.1. The van der Waals surface area contributed by atoms with Crippen LogP contribution in [0.5, 0.6) is 0 Å². The van der Waals surface area contributed by atoms with Crippen LogP contribution in [0.15, 0.2) is 30.3 Å². The summed E-state index contributed by atoms with van der Waals surface area (Å²) in [5, 5.41) is 11.8. The Labute approximate surface area is 125 Å². The van der Waals surface area contributed by atoms with Gasteiger partial charge in [-0.15, -0.1) is 0 Å². The van der Waals surface area contributed by atoms with Crippen molar-refractivity contribution in [1.29, 1.82) is 0 Å². The number of aliphatic hydroxyl groups is 1. The molecule has 0 aromatic heterocycles. The molecule has 1 amide bonds. The van der Waals surface area contributed by atoms with Crippen LogP contribution in [0.1, 0.15) is 18.9 Å². The van der Waals surface area contributed by atoms with Gasteiger partial charge in [0.25, 0.3) is 5.91 Å². The van der Waals surface area contributed by atoms with E-state index in [0.29, 0.717) is 19.6 Å². The summed E-state index contributed by atoms with van der Waals surface area (Å²) in [6, 6.07) is 10.2. The van der Waals surface area contributed by atoms with E-state index in [2.05, 4.69) is 22.3 Å². The van der Waals surface area contributed by atoms with Crippen molar-refractivity contribution < 1.29 is 14.6 Å². The third kappa shape index (κ3) is 5.12. The predicted molar refractivity (Wildman–Crippen MR) is 80.8 cm³/mol. The van der Waals surface area contributed by atoms with Gasteiger partial charge >= 0.3 is 0 Å². The molecule has 21 heavy (non-hydrogen) atoms. The number of nitrogens with one attached hydrogen (secondary N) is 1. The number of benzene rings is 1. The van der Waals surface area contributed by atoms with Crippen LogP contribution in [-0.4, -0.2) is 54.4 Å². The van der Waals surface area contributed by atoms with Gasteiger partial charge in [-0.1, -0.05) is 30.3 Å². The summed E-state index contributed by atoms with van der Waals surface area (Å²) in [7, 11) is 0. The Morgan fingerprint density at radius 1 is 1.48 bits per heavy atom. The van der Waals surface area contributed by atoms with Gasteiger partial charge in [-0.25, -0.2) is 0 Å². The molecule has 0 radical (unpaired) electrons. The minimum Gasteiger partial charge on any atom is -0.396 e. The number of ether oxygens (including phenoxy) is 1. The maximum atomic E-state index is 12.1. The molecule has 2 rings (SSSR count). The van der Waals surface area contributed by atoms with E-state index in [0.717, 1.165) is 13.1 Å². The first kappa shape index (κ1) is 15.9. The van der Waals surface area contributed by atoms with E-state index in [4.69, 9.17) is 9.84 Å². The third-order valence-electron chi connectivity index (χ3n) is 3.64. The van der Waals surface area contributed by atoms with Crippen LogP contribution in [0.4, 0.5) is 0 Å². The van der Waals surface area contributed by atoms with Gasteiger partial charge in [-0.05, 0) is 18.9 Å². The maximum absolute atomic E-state index is 12.1. The fourth-order valence-corrected chi connectivity index (χ4v) is 2.45. The van der Waals surface area contributed by atoms with Crippen molar-refractivity contribution in [2.45, 2.75) is 32.0 Å². The highest BCUT2D eigenvalue weighted by Crippen LogP contribution is 2.11. The molecular formula is C16H24N2O3. The summed E-state index contributed by atoms with van der Waals surface area (Å²) in [5.74, 6) is -0.0892. The Morgan fingerprint density at radius 2 is 2.24 bits per heavy atom. The lowest BCUT2D eigenvalue weighted by Crippen LogP contribution is -2.51. The van der Waals surface area contributed by atoms with E-state index in [-0.39, 0.29) is 18.6 Å². The Morgan fingerprint density at radius 3 is 2.95 bits per heavy atom. The SMILES string of the molecule is CC(CCO)NC(=O)C1CN(Cc2ccccc2)CCO1. The highest BCUT2D eigenvalue weighted by atomic mass is 16.5. The summed E-state index contributed by atoms with van der Waals surface area (Å²) < 4.78 is 5.57. The van der Waals surface area contributed by atoms with Gasteiger partial charge in [0, 0.05) is 32.3 Å². The van der Waals surface area contributed by atoms with Gasteiger partial charge in [-0.3, -0.25) is 9.69 Å². The molecule has 0 saturated carbocycles. The van der Waals surface area contributed by atoms with Gasteiger partial charge in [0.2, 0.25) is 0 Å². The molecule has 1 heterocycles. The highest BCUT2D eigenvalue weighted by Gasteiger charge is 2.27. The van der Waals surface area contributed by atoms with Crippen LogP contribution < -0.4 is 5.32 Å². The van der Waals surface area contributed by atoms with Crippen molar-refractivity contribution >= 4 is 5.91 Å². The zero-order valence-corrected chi connectivity index (χ0v) is 12.5. The fourth-order valence-electron chi connectivity index (χ4n) is 2.45. The first-order chi connectivity index (χ1) is 10.2. The van der Waals surface area contributed by atoms with Crippen LogP contribution in [0.25, 0.3) is 0 Å². The van der Waals surface area contributed by atoms with Gasteiger partial charge in [-0.2, -0.15) is 0 Å². The first-order valence-corrected chi connectivity index (χ1v) is 7.48. The molecule has 5 heteroatoms. The van der Waals surface area contributed by atoms with E-state index in [1.807, 2.05) is 25.1 Å². The van der Waals surface area contributed by atoms with Crippen molar-refractivity contribution in [3.05, 3.63) is 35.9 Å². The van der Waals surface area contributed by atoms with Crippen LogP contribution in [-0.2, 0) is 16.1 Å². The van der Waals surface area contributed by atoms with E-state index in [1.54, 1.807) is 0 Å². The van der Waals surface area contributed by atoms with Gasteiger partial charge in [0.1, 0.15) is 6.10 Å². The molecule has 1 aliphatic rings. The zero-order valence-electron chi connectivity index (χ0n) is 12.5. The summed E-state index contributed by atoms with van der Waals surface area (Å²) in [6.07, 6.45) is 0.134. The minimum absolute atomic E-state index is 0.0319. The van der Waals surface area contributed by atoms with E-state index in [9.17, 15) is 4.79 Å². The van der Waals surface area contributed by atoms with Crippen LogP contribution in [0.3, 0.4) is 0 Å². The molecule has 1 aromatic carbocycles. The maximum Gasteiger partial charge on any atom is 0.250 e. The van der Waals surface area contributed by atoms with Gasteiger partial charge in [0.15, 0.2) is 0 Å². The van der Waals surface area contributed by atoms with Crippen molar-refractivity contribution in [3.63, 3.8) is 0 Å². The second-order valence-electron chi connectivity index (χ2n) is 5.50. The second-order valence-corrected chi connectivity index (χ2v) is 5.50. The molecule has 2 atom stereocenters. The molecule has 2 N–H and O–H groups in total. The topological polar surface area (TPSA) is 61.8 Å². The number of morpholine rings is 1. The summed E-state index contributed by atoms with van der Waals surface area (Å²) in [5.41, 5.74) is 1.24. The van der Waals surface area contributed by atoms with Crippen LogP contribution >= 0.6 is 0 Å². The average Bonchev–Trinajstić information content (AvgIpc) is 2.49. The summed E-state index contributed by atoms with van der Waals surface area (Å²) >= 11 is 0. The van der Waals surface area contributed by atoms with Crippen molar-refractivity contribution in [3.8, 4) is 0 Å². The van der Waals surface area contributed by atoms with Crippen LogP contribution in [0, 0.1) is 0 Å². The molecule has 1 fully saturated rings. The van der Waals surface area contributed by atoms with Crippen molar-refractivity contribution in [1.82, 2.24) is 10.2 Å². The Hall–Kier alpha value is -1.43. The Bertz CT molecular complexity index is 438. The van der Waals surface area contributed by atoms with E-state index in [1.165, 1.54) is 5.56 Å². The lowest BCUT2D eigenvalue weighted by molar-refractivity contribution is -0.139. The average molecular weight is 292 g/mol. The number of hydrogen-bond donors (Lipinski definition) is 2. The number of nitrogens with zero attached hydrogens (tertiary/aromatic N) is 1. The predicted octanol–water partition coefficient (Wildman–Crippen LogP) is 0.774. The monoisotopic (exact) mass is 292 g/mol. The number of carbonyl (C=O) groups is 1. The molecular weight excluding hydrogens is 268 g/mol. The molecule has 5 nitrogen and oxygen atoms in total. The molecule has 0 bridgehead atoms. The van der Waals surface area contributed by atoms with Crippen molar-refractivity contribution in [2.24, 2.45) is 0 Å². The number of carbonyl (C=O) groups excluding carboxylic acids is 1. The first-order valence-electron chi connectivity index (χ1n) is 7.48. The molecule has 1 aromatic rings. The molecule has 0 spiro atoms. The fraction of sp³-hybridized carbons (Fsp3) is 0.562. The number of hydrogen-bond acceptors (Lipinski definition) is 4. The summed E-state index contributed by atoms with van der Waals surface area (Å²) in [6.45, 7) is 4.81. The Balaban J connectivity index is 1.84. The molecule has 1 aliphatic heterocycles. The molecule has 116 valence electrons. The molecule has 0 aliphatic carbocycles. The number of rotatable bonds is 6. The smallest absolute Gasteiger partial charge is 0.250 e. The third-order valence-corrected chi connectivity index (χ3v) is 3.64. The van der Waals surface area contributed by atoms with E-state index < -0.39 is 6.10 Å². The lowest BCUT2D eigenvalue weighted by Gasteiger charge is -2.32. The van der Waals surface area contributed by atoms with Gasteiger partial charge in [0.05, 0.1) is 6.61 Å². The molecule has 2 unspecified atom stereocenters. The number of amides is 1.